The number of rotatable bonds is 3. The average Bonchev–Trinajstić information content (AvgIpc) is 2.65. The van der Waals surface area contributed by atoms with E-state index in [9.17, 15) is 4.79 Å². The molecule has 2 heterocycles. The molecule has 2 unspecified atom stereocenters. The third-order valence-corrected chi connectivity index (χ3v) is 4.47. The van der Waals surface area contributed by atoms with Gasteiger partial charge < -0.3 is 4.74 Å². The van der Waals surface area contributed by atoms with Gasteiger partial charge in [0.15, 0.2) is 5.78 Å². The first kappa shape index (κ1) is 14.0. The summed E-state index contributed by atoms with van der Waals surface area (Å²) in [5, 5.41) is 0. The molecule has 1 saturated heterocycles. The number of halogens is 1. The lowest BCUT2D eigenvalue weighted by Gasteiger charge is -2.27. The van der Waals surface area contributed by atoms with Gasteiger partial charge in [-0.25, -0.2) is 0 Å². The van der Waals surface area contributed by atoms with E-state index in [1.165, 1.54) is 11.3 Å². The van der Waals surface area contributed by atoms with Crippen molar-refractivity contribution in [2.45, 2.75) is 32.4 Å². The van der Waals surface area contributed by atoms with E-state index in [0.717, 1.165) is 31.0 Å². The topological polar surface area (TPSA) is 29.5 Å². The first-order valence-corrected chi connectivity index (χ1v) is 7.42. The van der Waals surface area contributed by atoms with Gasteiger partial charge in [-0.15, -0.1) is 11.3 Å². The number of thiophene rings is 1. The predicted molar refractivity (Wildman–Crippen MR) is 74.7 cm³/mol. The number of ketones is 1. The second kappa shape index (κ2) is 6.15. The Hall–Kier alpha value is -0.420. The van der Waals surface area contributed by atoms with Gasteiger partial charge in [0.05, 0.1) is 21.4 Å². The number of ether oxygens (including phenoxy) is 1. The highest BCUT2D eigenvalue weighted by molar-refractivity contribution is 7.18. The van der Waals surface area contributed by atoms with E-state index in [4.69, 9.17) is 16.3 Å². The lowest BCUT2D eigenvalue weighted by Crippen LogP contribution is -2.42. The van der Waals surface area contributed by atoms with Crippen molar-refractivity contribution < 1.29 is 9.53 Å². The van der Waals surface area contributed by atoms with Crippen LogP contribution in [0, 0.1) is 0 Å². The number of Topliss-reactive ketones (excluding diaryl/α,β-unsaturated/α-hetero) is 1. The highest BCUT2D eigenvalue weighted by Crippen LogP contribution is 2.24. The zero-order valence-corrected chi connectivity index (χ0v) is 12.3. The van der Waals surface area contributed by atoms with Crippen molar-refractivity contribution in [2.75, 3.05) is 19.7 Å². The first-order chi connectivity index (χ1) is 8.58. The fourth-order valence-electron chi connectivity index (χ4n) is 2.20. The van der Waals surface area contributed by atoms with Crippen molar-refractivity contribution in [1.29, 1.82) is 0 Å². The van der Waals surface area contributed by atoms with Crippen molar-refractivity contribution >= 4 is 28.7 Å². The summed E-state index contributed by atoms with van der Waals surface area (Å²) in [6.07, 6.45) is 1.17. The number of carbonyl (C=O) groups excluding carboxylic acids is 1. The van der Waals surface area contributed by atoms with Crippen LogP contribution in [-0.2, 0) is 4.74 Å². The minimum absolute atomic E-state index is 0.108. The van der Waals surface area contributed by atoms with E-state index in [1.807, 2.05) is 13.0 Å². The number of nitrogens with zero attached hydrogens (tertiary/aromatic N) is 1. The quantitative estimate of drug-likeness (QED) is 0.800. The van der Waals surface area contributed by atoms with Gasteiger partial charge in [-0.2, -0.15) is 0 Å². The molecule has 3 nitrogen and oxygen atoms in total. The summed E-state index contributed by atoms with van der Waals surface area (Å²) in [5.74, 6) is 0.154. The van der Waals surface area contributed by atoms with Crippen LogP contribution in [-0.4, -0.2) is 42.5 Å². The van der Waals surface area contributed by atoms with Crippen molar-refractivity contribution in [3.63, 3.8) is 0 Å². The third kappa shape index (κ3) is 3.32. The molecule has 2 rings (SSSR count). The van der Waals surface area contributed by atoms with E-state index in [0.29, 0.717) is 4.34 Å². The van der Waals surface area contributed by atoms with Crippen molar-refractivity contribution in [1.82, 2.24) is 4.90 Å². The minimum atomic E-state index is -0.108. The maximum atomic E-state index is 12.3. The predicted octanol–water partition coefficient (Wildman–Crippen LogP) is 3.08. The molecule has 100 valence electrons. The summed E-state index contributed by atoms with van der Waals surface area (Å²) in [6.45, 7) is 6.53. The van der Waals surface area contributed by atoms with Crippen LogP contribution >= 0.6 is 22.9 Å². The van der Waals surface area contributed by atoms with Gasteiger partial charge in [0.25, 0.3) is 0 Å². The maximum absolute atomic E-state index is 12.3. The van der Waals surface area contributed by atoms with E-state index in [2.05, 4.69) is 11.8 Å². The molecule has 1 fully saturated rings. The summed E-state index contributed by atoms with van der Waals surface area (Å²) >= 11 is 7.23. The van der Waals surface area contributed by atoms with Gasteiger partial charge in [0, 0.05) is 19.7 Å². The van der Waals surface area contributed by atoms with E-state index in [-0.39, 0.29) is 17.9 Å². The SMILES string of the molecule is CC1CN(C(C)C(=O)c2ccc(Cl)s2)CCCO1. The monoisotopic (exact) mass is 287 g/mol. The Morgan fingerprint density at radius 1 is 1.61 bits per heavy atom. The van der Waals surface area contributed by atoms with Gasteiger partial charge in [-0.3, -0.25) is 9.69 Å². The molecule has 5 heteroatoms. The molecule has 0 bridgehead atoms. The van der Waals surface area contributed by atoms with Crippen LogP contribution < -0.4 is 0 Å². The van der Waals surface area contributed by atoms with Gasteiger partial charge in [-0.1, -0.05) is 11.6 Å². The summed E-state index contributed by atoms with van der Waals surface area (Å²) in [7, 11) is 0. The molecule has 18 heavy (non-hydrogen) atoms. The van der Waals surface area contributed by atoms with Crippen LogP contribution in [0.2, 0.25) is 4.34 Å². The first-order valence-electron chi connectivity index (χ1n) is 6.23. The molecule has 0 aliphatic carbocycles. The molecule has 0 spiro atoms. The molecule has 1 aromatic rings. The molecule has 1 aromatic heterocycles. The van der Waals surface area contributed by atoms with Crippen LogP contribution in [0.5, 0.6) is 0 Å². The summed E-state index contributed by atoms with van der Waals surface area (Å²) in [4.78, 5) is 15.3. The fourth-order valence-corrected chi connectivity index (χ4v) is 3.26. The zero-order chi connectivity index (χ0) is 13.1. The van der Waals surface area contributed by atoms with Crippen LogP contribution in [0.4, 0.5) is 0 Å². The number of hydrogen-bond acceptors (Lipinski definition) is 4. The van der Waals surface area contributed by atoms with Crippen LogP contribution in [0.3, 0.4) is 0 Å². The average molecular weight is 288 g/mol. The van der Waals surface area contributed by atoms with Crippen LogP contribution in [0.1, 0.15) is 29.9 Å². The Kier molecular flexibility index (Phi) is 4.78. The normalized spacial score (nSPS) is 23.6. The van der Waals surface area contributed by atoms with E-state index < -0.39 is 0 Å². The van der Waals surface area contributed by atoms with Crippen molar-refractivity contribution in [3.8, 4) is 0 Å². The maximum Gasteiger partial charge on any atom is 0.189 e. The fraction of sp³-hybridized carbons (Fsp3) is 0.615. The zero-order valence-electron chi connectivity index (χ0n) is 10.7. The van der Waals surface area contributed by atoms with Crippen LogP contribution in [0.15, 0.2) is 12.1 Å². The molecule has 2 atom stereocenters. The molecule has 0 radical (unpaired) electrons. The van der Waals surface area contributed by atoms with E-state index in [1.54, 1.807) is 6.07 Å². The van der Waals surface area contributed by atoms with Gasteiger partial charge >= 0.3 is 0 Å². The number of hydrogen-bond donors (Lipinski definition) is 0. The van der Waals surface area contributed by atoms with Crippen molar-refractivity contribution in [3.05, 3.63) is 21.3 Å². The smallest absolute Gasteiger partial charge is 0.189 e. The minimum Gasteiger partial charge on any atom is -0.377 e. The molecule has 0 saturated carbocycles. The van der Waals surface area contributed by atoms with Gasteiger partial charge in [0.2, 0.25) is 0 Å². The molecule has 1 aliphatic heterocycles. The lowest BCUT2D eigenvalue weighted by molar-refractivity contribution is 0.0582. The Bertz CT molecular complexity index is 421. The lowest BCUT2D eigenvalue weighted by atomic mass is 10.1. The third-order valence-electron chi connectivity index (χ3n) is 3.23. The standard InChI is InChI=1S/C13H18ClNO2S/c1-9-8-15(6-3-7-17-9)10(2)13(16)11-4-5-12(14)18-11/h4-5,9-10H,3,6-8H2,1-2H3. The van der Waals surface area contributed by atoms with Crippen LogP contribution in [0.25, 0.3) is 0 Å². The molecular weight excluding hydrogens is 270 g/mol. The second-order valence-electron chi connectivity index (χ2n) is 4.67. The number of carbonyl (C=O) groups is 1. The summed E-state index contributed by atoms with van der Waals surface area (Å²) in [6, 6.07) is 3.48. The molecular formula is C13H18ClNO2S. The summed E-state index contributed by atoms with van der Waals surface area (Å²) in [5.41, 5.74) is 0. The Labute approximate surface area is 117 Å². The molecule has 1 aliphatic rings. The van der Waals surface area contributed by atoms with Crippen molar-refractivity contribution in [2.24, 2.45) is 0 Å². The highest BCUT2D eigenvalue weighted by atomic mass is 35.5. The second-order valence-corrected chi connectivity index (χ2v) is 6.39. The molecule has 0 N–H and O–H groups in total. The van der Waals surface area contributed by atoms with Gasteiger partial charge in [-0.05, 0) is 32.4 Å². The van der Waals surface area contributed by atoms with Gasteiger partial charge in [0.1, 0.15) is 0 Å². The largest absolute Gasteiger partial charge is 0.377 e. The molecule has 0 amide bonds. The Balaban J connectivity index is 2.05. The highest BCUT2D eigenvalue weighted by Gasteiger charge is 2.26. The summed E-state index contributed by atoms with van der Waals surface area (Å²) < 4.78 is 6.27. The Morgan fingerprint density at radius 3 is 3.06 bits per heavy atom. The molecule has 0 aromatic carbocycles. The van der Waals surface area contributed by atoms with E-state index >= 15 is 0 Å². The Morgan fingerprint density at radius 2 is 2.39 bits per heavy atom.